The second kappa shape index (κ2) is 6.42. The highest BCUT2D eigenvalue weighted by Gasteiger charge is 2.19. The Morgan fingerprint density at radius 1 is 1.40 bits per heavy atom. The number of amidine groups is 2. The van der Waals surface area contributed by atoms with E-state index in [0.29, 0.717) is 10.9 Å². The Morgan fingerprint density at radius 2 is 2.15 bits per heavy atom. The van der Waals surface area contributed by atoms with Crippen molar-refractivity contribution in [3.8, 4) is 11.5 Å². The Hall–Kier alpha value is -2.02. The van der Waals surface area contributed by atoms with Gasteiger partial charge in [0.2, 0.25) is 0 Å². The first kappa shape index (κ1) is 14.4. The van der Waals surface area contributed by atoms with E-state index in [1.165, 1.54) is 18.7 Å². The molecule has 0 saturated carbocycles. The van der Waals surface area contributed by atoms with Crippen LogP contribution < -0.4 is 14.8 Å². The molecule has 1 aromatic rings. The zero-order valence-electron chi connectivity index (χ0n) is 11.5. The number of benzene rings is 1. The van der Waals surface area contributed by atoms with Gasteiger partial charge < -0.3 is 14.8 Å². The number of ether oxygens (including phenoxy) is 2. The second-order valence-electron chi connectivity index (χ2n) is 4.01. The molecule has 2 rings (SSSR count). The van der Waals surface area contributed by atoms with Gasteiger partial charge in [-0.15, -0.1) is 0 Å². The quantitative estimate of drug-likeness (QED) is 0.900. The largest absolute Gasteiger partial charge is 0.497 e. The van der Waals surface area contributed by atoms with Crippen LogP contribution in [-0.2, 0) is 4.79 Å². The smallest absolute Gasteiger partial charge is 0.193 e. The average molecular weight is 293 g/mol. The van der Waals surface area contributed by atoms with Crippen LogP contribution in [0.4, 0.5) is 5.69 Å². The normalized spacial score (nSPS) is 15.3. The van der Waals surface area contributed by atoms with E-state index in [1.54, 1.807) is 20.3 Å². The molecule has 0 atom stereocenters. The first-order valence-electron chi connectivity index (χ1n) is 5.92. The Kier molecular flexibility index (Phi) is 4.62. The van der Waals surface area contributed by atoms with Crippen molar-refractivity contribution in [3.05, 3.63) is 18.2 Å². The molecule has 0 saturated heterocycles. The van der Waals surface area contributed by atoms with E-state index in [4.69, 9.17) is 9.47 Å². The van der Waals surface area contributed by atoms with E-state index in [9.17, 15) is 4.79 Å². The third kappa shape index (κ3) is 3.51. The average Bonchev–Trinajstić information content (AvgIpc) is 2.40. The molecule has 0 aliphatic carbocycles. The number of Topliss-reactive ketones (excluding diaryl/α,β-unsaturated/α-hetero) is 1. The summed E-state index contributed by atoms with van der Waals surface area (Å²) in [5, 5.41) is 4.46. The van der Waals surface area contributed by atoms with Gasteiger partial charge >= 0.3 is 0 Å². The maximum atomic E-state index is 10.8. The molecule has 0 radical (unpaired) electrons. The van der Waals surface area contributed by atoms with Crippen molar-refractivity contribution < 1.29 is 14.3 Å². The lowest BCUT2D eigenvalue weighted by molar-refractivity contribution is -0.115. The van der Waals surface area contributed by atoms with E-state index in [0.717, 1.165) is 16.6 Å². The number of carbonyl (C=O) groups is 1. The number of hydrogen-bond acceptors (Lipinski definition) is 6. The first-order valence-corrected chi connectivity index (χ1v) is 6.73. The third-order valence-electron chi connectivity index (χ3n) is 2.47. The van der Waals surface area contributed by atoms with E-state index in [1.807, 2.05) is 12.1 Å². The molecule has 0 unspecified atom stereocenters. The monoisotopic (exact) mass is 293 g/mol. The van der Waals surface area contributed by atoms with Gasteiger partial charge in [-0.2, -0.15) is 4.99 Å². The lowest BCUT2D eigenvalue weighted by Gasteiger charge is -2.18. The predicted molar refractivity (Wildman–Crippen MR) is 81.2 cm³/mol. The lowest BCUT2D eigenvalue weighted by Crippen LogP contribution is -2.20. The predicted octanol–water partition coefficient (Wildman–Crippen LogP) is 2.16. The van der Waals surface area contributed by atoms with Gasteiger partial charge in [-0.25, -0.2) is 0 Å². The van der Waals surface area contributed by atoms with E-state index in [-0.39, 0.29) is 12.3 Å². The number of nitrogens with zero attached hydrogens (tertiary/aromatic N) is 2. The highest BCUT2D eigenvalue weighted by Crippen LogP contribution is 2.31. The Morgan fingerprint density at radius 3 is 2.75 bits per heavy atom. The molecular weight excluding hydrogens is 278 g/mol. The molecule has 0 amide bonds. The Balaban J connectivity index is 2.03. The van der Waals surface area contributed by atoms with Crippen LogP contribution in [0.25, 0.3) is 0 Å². The first-order chi connectivity index (χ1) is 9.62. The van der Waals surface area contributed by atoms with Gasteiger partial charge in [0.15, 0.2) is 16.1 Å². The fourth-order valence-corrected chi connectivity index (χ4v) is 2.10. The van der Waals surface area contributed by atoms with Crippen molar-refractivity contribution in [1.29, 1.82) is 0 Å². The number of nitrogens with one attached hydrogen (secondary N) is 1. The summed E-state index contributed by atoms with van der Waals surface area (Å²) in [5.74, 6) is 1.41. The van der Waals surface area contributed by atoms with Crippen LogP contribution in [0.15, 0.2) is 28.2 Å². The number of carbonyl (C=O) groups excluding carboxylic acids is 1. The summed E-state index contributed by atoms with van der Waals surface area (Å²) in [7, 11) is 3.20. The molecule has 0 fully saturated rings. The van der Waals surface area contributed by atoms with E-state index < -0.39 is 0 Å². The van der Waals surface area contributed by atoms with Crippen molar-refractivity contribution in [2.45, 2.75) is 6.92 Å². The van der Waals surface area contributed by atoms with Crippen LogP contribution >= 0.6 is 11.8 Å². The van der Waals surface area contributed by atoms with Gasteiger partial charge in [-0.1, -0.05) is 0 Å². The zero-order chi connectivity index (χ0) is 14.5. The molecule has 1 aliphatic rings. The maximum Gasteiger partial charge on any atom is 0.193 e. The number of thioether (sulfide) groups is 1. The minimum absolute atomic E-state index is 0.0199. The van der Waals surface area contributed by atoms with Gasteiger partial charge in [0, 0.05) is 6.07 Å². The highest BCUT2D eigenvalue weighted by atomic mass is 32.2. The lowest BCUT2D eigenvalue weighted by atomic mass is 10.3. The van der Waals surface area contributed by atoms with Crippen LogP contribution in [0.1, 0.15) is 6.92 Å². The van der Waals surface area contributed by atoms with Crippen molar-refractivity contribution in [2.75, 3.05) is 26.1 Å². The molecule has 1 aromatic carbocycles. The van der Waals surface area contributed by atoms with Crippen molar-refractivity contribution in [3.63, 3.8) is 0 Å². The molecule has 1 N–H and O–H groups in total. The summed E-state index contributed by atoms with van der Waals surface area (Å²) >= 11 is 1.39. The minimum Gasteiger partial charge on any atom is -0.497 e. The van der Waals surface area contributed by atoms with Crippen LogP contribution in [0.3, 0.4) is 0 Å². The van der Waals surface area contributed by atoms with Gasteiger partial charge in [-0.3, -0.25) is 9.79 Å². The SMILES string of the molecule is COc1ccc(NC2=NC(=NCC(C)=O)S2)c(OC)c1. The molecule has 106 valence electrons. The zero-order valence-corrected chi connectivity index (χ0v) is 12.3. The number of anilines is 1. The molecule has 6 nitrogen and oxygen atoms in total. The topological polar surface area (TPSA) is 72.3 Å². The fourth-order valence-electron chi connectivity index (χ4n) is 1.50. The molecule has 20 heavy (non-hydrogen) atoms. The van der Waals surface area contributed by atoms with E-state index in [2.05, 4.69) is 15.3 Å². The van der Waals surface area contributed by atoms with Crippen molar-refractivity contribution in [1.82, 2.24) is 0 Å². The number of ketones is 1. The van der Waals surface area contributed by atoms with Crippen LogP contribution in [0.5, 0.6) is 11.5 Å². The molecule has 1 heterocycles. The van der Waals surface area contributed by atoms with Crippen LogP contribution in [-0.4, -0.2) is 36.9 Å². The molecule has 1 aliphatic heterocycles. The summed E-state index contributed by atoms with van der Waals surface area (Å²) in [4.78, 5) is 19.0. The molecular formula is C13H15N3O3S. The highest BCUT2D eigenvalue weighted by molar-refractivity contribution is 8.29. The summed E-state index contributed by atoms with van der Waals surface area (Å²) in [5.41, 5.74) is 0.796. The second-order valence-corrected chi connectivity index (χ2v) is 4.97. The van der Waals surface area contributed by atoms with Gasteiger partial charge in [-0.05, 0) is 30.8 Å². The summed E-state index contributed by atoms with van der Waals surface area (Å²) in [6, 6.07) is 5.47. The summed E-state index contributed by atoms with van der Waals surface area (Å²) in [6.07, 6.45) is 0. The number of hydrogen-bond donors (Lipinski definition) is 1. The Labute approximate surface area is 121 Å². The molecule has 7 heteroatoms. The Bertz CT molecular complexity index is 584. The van der Waals surface area contributed by atoms with Gasteiger partial charge in [0.25, 0.3) is 0 Å². The molecule has 0 bridgehead atoms. The fraction of sp³-hybridized carbons (Fsp3) is 0.308. The summed E-state index contributed by atoms with van der Waals surface area (Å²) in [6.45, 7) is 1.67. The number of rotatable bonds is 5. The molecule has 0 aromatic heterocycles. The number of methoxy groups -OCH3 is 2. The summed E-state index contributed by atoms with van der Waals surface area (Å²) < 4.78 is 10.4. The standard InChI is InChI=1S/C13H15N3O3S/c1-8(17)7-14-12-16-13(20-12)15-10-5-4-9(18-2)6-11(10)19-3/h4-6H,7H2,1-3H3,(H,14,15,16). The van der Waals surface area contributed by atoms with Crippen LogP contribution in [0, 0.1) is 0 Å². The van der Waals surface area contributed by atoms with Crippen LogP contribution in [0.2, 0.25) is 0 Å². The maximum absolute atomic E-state index is 10.8. The van der Waals surface area contributed by atoms with Crippen molar-refractivity contribution >= 4 is 33.6 Å². The third-order valence-corrected chi connectivity index (χ3v) is 3.26. The van der Waals surface area contributed by atoms with Gasteiger partial charge in [0.1, 0.15) is 18.0 Å². The van der Waals surface area contributed by atoms with Crippen molar-refractivity contribution in [2.24, 2.45) is 9.98 Å². The van der Waals surface area contributed by atoms with Gasteiger partial charge in [0.05, 0.1) is 19.9 Å². The minimum atomic E-state index is 0.0199. The number of aliphatic imine (C=N–C) groups is 2. The van der Waals surface area contributed by atoms with E-state index >= 15 is 0 Å². The molecule has 0 spiro atoms.